The molecule has 3 aromatic rings. The number of aromatic nitrogens is 1. The Labute approximate surface area is 189 Å². The minimum Gasteiger partial charge on any atom is -0.342 e. The number of halogens is 1. The van der Waals surface area contributed by atoms with Crippen LogP contribution in [0.25, 0.3) is 10.9 Å². The lowest BCUT2D eigenvalue weighted by Crippen LogP contribution is -2.54. The summed E-state index contributed by atoms with van der Waals surface area (Å²) in [5, 5.41) is 1.25. The van der Waals surface area contributed by atoms with Crippen LogP contribution in [0.4, 0.5) is 4.39 Å². The summed E-state index contributed by atoms with van der Waals surface area (Å²) >= 11 is 0. The van der Waals surface area contributed by atoms with Gasteiger partial charge in [0, 0.05) is 42.9 Å². The molecule has 1 unspecified atom stereocenters. The molecule has 0 amide bonds. The summed E-state index contributed by atoms with van der Waals surface area (Å²) in [6.07, 6.45) is 3.91. The van der Waals surface area contributed by atoms with E-state index in [0.29, 0.717) is 6.04 Å². The van der Waals surface area contributed by atoms with E-state index in [0.717, 1.165) is 45.3 Å². The first-order chi connectivity index (χ1) is 15.4. The molecule has 0 aliphatic carbocycles. The van der Waals surface area contributed by atoms with Gasteiger partial charge in [0.25, 0.3) is 0 Å². The summed E-state index contributed by atoms with van der Waals surface area (Å²) in [6.45, 7) is 5.31. The highest BCUT2D eigenvalue weighted by Gasteiger charge is 2.32. The van der Waals surface area contributed by atoms with Crippen molar-refractivity contribution in [1.82, 2.24) is 14.2 Å². The molecular formula is C25H30FN3O2S. The van der Waals surface area contributed by atoms with Crippen LogP contribution in [0.3, 0.4) is 0 Å². The van der Waals surface area contributed by atoms with E-state index in [1.807, 2.05) is 12.1 Å². The van der Waals surface area contributed by atoms with Gasteiger partial charge >= 0.3 is 0 Å². The van der Waals surface area contributed by atoms with Crippen molar-refractivity contribution in [2.24, 2.45) is 0 Å². The van der Waals surface area contributed by atoms with Crippen molar-refractivity contribution in [3.63, 3.8) is 0 Å². The third-order valence-corrected chi connectivity index (χ3v) is 8.43. The van der Waals surface area contributed by atoms with Gasteiger partial charge in [-0.2, -0.15) is 0 Å². The van der Waals surface area contributed by atoms with Crippen LogP contribution in [-0.4, -0.2) is 49.3 Å². The summed E-state index contributed by atoms with van der Waals surface area (Å²) in [5.41, 5.74) is 4.90. The molecule has 2 aliphatic rings. The molecule has 0 saturated carbocycles. The molecule has 5 rings (SSSR count). The zero-order valence-electron chi connectivity index (χ0n) is 18.4. The average Bonchev–Trinajstić information content (AvgIpc) is 3.07. The fourth-order valence-corrected chi connectivity index (χ4v) is 6.45. The van der Waals surface area contributed by atoms with Gasteiger partial charge in [-0.1, -0.05) is 24.3 Å². The van der Waals surface area contributed by atoms with E-state index < -0.39 is 10.0 Å². The van der Waals surface area contributed by atoms with Gasteiger partial charge in [-0.25, -0.2) is 17.5 Å². The lowest BCUT2D eigenvalue weighted by atomic mass is 10.0. The highest BCUT2D eigenvalue weighted by molar-refractivity contribution is 7.90. The Morgan fingerprint density at radius 2 is 1.72 bits per heavy atom. The van der Waals surface area contributed by atoms with Gasteiger partial charge in [0.05, 0.1) is 5.75 Å². The molecule has 0 spiro atoms. The second kappa shape index (κ2) is 8.61. The monoisotopic (exact) mass is 455 g/mol. The molecular weight excluding hydrogens is 425 g/mol. The molecule has 5 nitrogen and oxygen atoms in total. The minimum absolute atomic E-state index is 0.0197. The van der Waals surface area contributed by atoms with Gasteiger partial charge in [0.1, 0.15) is 5.82 Å². The summed E-state index contributed by atoms with van der Waals surface area (Å²) in [6, 6.07) is 16.1. The lowest BCUT2D eigenvalue weighted by molar-refractivity contribution is 0.189. The smallest absolute Gasteiger partial charge is 0.213 e. The molecule has 2 aromatic carbocycles. The number of aryl methyl sites for hydroxylation is 1. The number of hydrogen-bond donors (Lipinski definition) is 1. The first kappa shape index (κ1) is 21.6. The van der Waals surface area contributed by atoms with Crippen molar-refractivity contribution < 1.29 is 12.8 Å². The summed E-state index contributed by atoms with van der Waals surface area (Å²) in [5.74, 6) is 0.0441. The molecule has 3 heterocycles. The Bertz CT molecular complexity index is 1200. The SMILES string of the molecule is Cc1cc2ccc(CC3CS(=O)(=O)N3)cc2n1C1CCN(CCc2ccc(F)cc2)CC1. The van der Waals surface area contributed by atoms with Gasteiger partial charge in [-0.15, -0.1) is 0 Å². The molecule has 0 radical (unpaired) electrons. The van der Waals surface area contributed by atoms with Crippen molar-refractivity contribution in [2.45, 2.75) is 44.7 Å². The second-order valence-corrected chi connectivity index (χ2v) is 11.1. The fourth-order valence-electron chi connectivity index (χ4n) is 5.24. The van der Waals surface area contributed by atoms with Gasteiger partial charge in [0.15, 0.2) is 0 Å². The quantitative estimate of drug-likeness (QED) is 0.615. The highest BCUT2D eigenvalue weighted by Crippen LogP contribution is 2.31. The van der Waals surface area contributed by atoms with Crippen LogP contribution >= 0.6 is 0 Å². The van der Waals surface area contributed by atoms with E-state index in [9.17, 15) is 12.8 Å². The highest BCUT2D eigenvalue weighted by atomic mass is 32.2. The topological polar surface area (TPSA) is 54.3 Å². The van der Waals surface area contributed by atoms with E-state index in [1.165, 1.54) is 39.9 Å². The Kier molecular flexibility index (Phi) is 5.82. The number of nitrogens with zero attached hydrogens (tertiary/aromatic N) is 2. The van der Waals surface area contributed by atoms with Crippen LogP contribution in [0.2, 0.25) is 0 Å². The third kappa shape index (κ3) is 4.60. The van der Waals surface area contributed by atoms with E-state index in [-0.39, 0.29) is 17.6 Å². The van der Waals surface area contributed by atoms with Crippen molar-refractivity contribution in [3.05, 3.63) is 71.2 Å². The Balaban J connectivity index is 1.24. The molecule has 170 valence electrons. The normalized spacial score (nSPS) is 21.6. The standard InChI is InChI=1S/C25H30FN3O2S/c1-18-14-21-5-2-20(15-23-17-32(30,31)27-23)16-25(21)29(18)24-9-12-28(13-10-24)11-8-19-3-6-22(26)7-4-19/h2-7,14,16,23-24,27H,8-13,15,17H2,1H3. The summed E-state index contributed by atoms with van der Waals surface area (Å²) in [4.78, 5) is 2.51. The van der Waals surface area contributed by atoms with Crippen LogP contribution in [0, 0.1) is 12.7 Å². The number of rotatable bonds is 6. The number of hydrogen-bond acceptors (Lipinski definition) is 3. The number of nitrogens with one attached hydrogen (secondary N) is 1. The maximum absolute atomic E-state index is 13.1. The zero-order valence-corrected chi connectivity index (χ0v) is 19.2. The predicted octanol–water partition coefficient (Wildman–Crippen LogP) is 3.81. The van der Waals surface area contributed by atoms with E-state index >= 15 is 0 Å². The average molecular weight is 456 g/mol. The van der Waals surface area contributed by atoms with Crippen molar-refractivity contribution in [1.29, 1.82) is 0 Å². The van der Waals surface area contributed by atoms with Gasteiger partial charge in [0.2, 0.25) is 10.0 Å². The molecule has 32 heavy (non-hydrogen) atoms. The summed E-state index contributed by atoms with van der Waals surface area (Å²) in [7, 11) is -3.02. The molecule has 2 aliphatic heterocycles. The fraction of sp³-hybridized carbons (Fsp3) is 0.440. The van der Waals surface area contributed by atoms with E-state index in [4.69, 9.17) is 0 Å². The molecule has 1 aromatic heterocycles. The Morgan fingerprint density at radius 1 is 1.03 bits per heavy atom. The number of likely N-dealkylation sites (tertiary alicyclic amines) is 1. The molecule has 2 fully saturated rings. The van der Waals surface area contributed by atoms with Crippen molar-refractivity contribution in [3.8, 4) is 0 Å². The van der Waals surface area contributed by atoms with Crippen LogP contribution in [-0.2, 0) is 22.9 Å². The number of benzene rings is 2. The van der Waals surface area contributed by atoms with Crippen LogP contribution < -0.4 is 4.72 Å². The second-order valence-electron chi connectivity index (χ2n) is 9.30. The summed E-state index contributed by atoms with van der Waals surface area (Å²) < 4.78 is 41.1. The largest absolute Gasteiger partial charge is 0.342 e. The van der Waals surface area contributed by atoms with Crippen LogP contribution in [0.1, 0.15) is 35.7 Å². The predicted molar refractivity (Wildman–Crippen MR) is 126 cm³/mol. The molecule has 1 atom stereocenters. The molecule has 0 bridgehead atoms. The Hall–Kier alpha value is -2.22. The van der Waals surface area contributed by atoms with E-state index in [2.05, 4.69) is 45.4 Å². The maximum atomic E-state index is 13.1. The lowest BCUT2D eigenvalue weighted by Gasteiger charge is -2.34. The van der Waals surface area contributed by atoms with Gasteiger partial charge in [-0.05, 0) is 73.4 Å². The van der Waals surface area contributed by atoms with Crippen LogP contribution in [0.5, 0.6) is 0 Å². The first-order valence-corrected chi connectivity index (χ1v) is 13.1. The zero-order chi connectivity index (χ0) is 22.3. The molecule has 2 saturated heterocycles. The minimum atomic E-state index is -3.02. The first-order valence-electron chi connectivity index (χ1n) is 11.4. The number of sulfonamides is 1. The maximum Gasteiger partial charge on any atom is 0.213 e. The molecule has 1 N–H and O–H groups in total. The number of fused-ring (bicyclic) bond motifs is 1. The van der Waals surface area contributed by atoms with E-state index in [1.54, 1.807) is 0 Å². The molecule has 7 heteroatoms. The third-order valence-electron chi connectivity index (χ3n) is 6.90. The Morgan fingerprint density at radius 3 is 2.41 bits per heavy atom. The number of piperidine rings is 1. The van der Waals surface area contributed by atoms with Gasteiger partial charge in [-0.3, -0.25) is 0 Å². The van der Waals surface area contributed by atoms with Gasteiger partial charge < -0.3 is 9.47 Å². The van der Waals surface area contributed by atoms with Crippen molar-refractivity contribution >= 4 is 20.9 Å². The van der Waals surface area contributed by atoms with Crippen molar-refractivity contribution in [2.75, 3.05) is 25.4 Å². The van der Waals surface area contributed by atoms with Crippen LogP contribution in [0.15, 0.2) is 48.5 Å².